The van der Waals surface area contributed by atoms with Crippen molar-refractivity contribution in [3.05, 3.63) is 59.7 Å². The summed E-state index contributed by atoms with van der Waals surface area (Å²) in [6.45, 7) is 3.61. The lowest BCUT2D eigenvalue weighted by atomic mass is 9.50. The highest BCUT2D eigenvalue weighted by Gasteiger charge is 2.94. The van der Waals surface area contributed by atoms with Gasteiger partial charge in [-0.2, -0.15) is 0 Å². The number of carbonyl (C=O) groups excluding carboxylic acids is 3. The van der Waals surface area contributed by atoms with Crippen LogP contribution in [0.15, 0.2) is 48.5 Å². The number of aliphatic hydroxyl groups excluding tert-OH is 2. The average Bonchev–Trinajstić information content (AvgIpc) is 3.69. The molecule has 48 heavy (non-hydrogen) atoms. The van der Waals surface area contributed by atoms with Crippen molar-refractivity contribution in [2.45, 2.75) is 70.7 Å². The SMILES string of the molecule is CS[C@@]1(C(C)C)C(=O)N2[C@H]3Nc4ccccc4[C@@]34[C@H](O[C@@]35CN(C)[C@H](CO)C(=O)N3[C@@H]3Nc6ccccc6[C@]34[C@@H]5O)[C@]2(SC)C(=O)N1C. The normalized spacial score (nSPS) is 43.3. The van der Waals surface area contributed by atoms with E-state index in [-0.39, 0.29) is 30.2 Å². The van der Waals surface area contributed by atoms with Gasteiger partial charge in [-0.25, -0.2) is 0 Å². The predicted molar refractivity (Wildman–Crippen MR) is 182 cm³/mol. The van der Waals surface area contributed by atoms with E-state index in [1.165, 1.54) is 23.5 Å². The number of nitrogens with zero attached hydrogens (tertiary/aromatic N) is 4. The van der Waals surface area contributed by atoms with Gasteiger partial charge in [0, 0.05) is 25.0 Å². The molecule has 4 N–H and O–H groups in total. The highest BCUT2D eigenvalue weighted by Crippen LogP contribution is 2.77. The van der Waals surface area contributed by atoms with E-state index in [0.29, 0.717) is 0 Å². The first-order valence-electron chi connectivity index (χ1n) is 16.4. The molecule has 5 saturated heterocycles. The lowest BCUT2D eigenvalue weighted by Crippen LogP contribution is -2.79. The van der Waals surface area contributed by atoms with Gasteiger partial charge in [0.05, 0.1) is 17.4 Å². The van der Waals surface area contributed by atoms with Crippen molar-refractivity contribution in [1.29, 1.82) is 0 Å². The summed E-state index contributed by atoms with van der Waals surface area (Å²) in [6, 6.07) is 14.8. The molecule has 254 valence electrons. The second-order valence-corrected chi connectivity index (χ2v) is 16.5. The lowest BCUT2D eigenvalue weighted by molar-refractivity contribution is -0.274. The maximum Gasteiger partial charge on any atom is 0.263 e. The summed E-state index contributed by atoms with van der Waals surface area (Å²) in [5.74, 6) is -1.06. The Balaban J connectivity index is 1.43. The Bertz CT molecular complexity index is 1820. The van der Waals surface area contributed by atoms with Gasteiger partial charge in [-0.3, -0.25) is 29.1 Å². The van der Waals surface area contributed by atoms with Crippen LogP contribution in [0.2, 0.25) is 0 Å². The zero-order valence-corrected chi connectivity index (χ0v) is 29.3. The molecule has 0 aromatic heterocycles. The molecular weight excluding hydrogens is 653 g/mol. The number of benzene rings is 2. The van der Waals surface area contributed by atoms with Crippen LogP contribution in [0.3, 0.4) is 0 Å². The summed E-state index contributed by atoms with van der Waals surface area (Å²) in [7, 11) is 3.45. The standard InChI is InChI=1S/C34H40N6O6S2/c1-17(2)33(47-5)29(45)40-27-32(19-12-8-10-14-21(19)36-27)25(34(40,48-6)28(44)38(33)4)46-30-16-37(3)22(15-41)23(42)39(30)26-31(32,24(30)43)18-11-7-9-13-20(18)35-26/h7-14,17,22,24-27,35-36,41,43H,15-16H2,1-6H3/t22-,24-,25+,26+,27-,30-,31+,32-,33+,34+/m1/s1. The molecule has 5 fully saturated rings. The number of hydrogen-bond donors (Lipinski definition) is 4. The fourth-order valence-corrected chi connectivity index (χ4v) is 13.4. The second kappa shape index (κ2) is 9.40. The highest BCUT2D eigenvalue weighted by molar-refractivity contribution is 8.01. The fraction of sp³-hybridized carbons (Fsp3) is 0.559. The molecule has 0 unspecified atom stereocenters. The molecule has 0 aliphatic carbocycles. The van der Waals surface area contributed by atoms with Gasteiger partial charge in [0.1, 0.15) is 30.6 Å². The van der Waals surface area contributed by atoms with E-state index in [0.717, 1.165) is 22.5 Å². The zero-order chi connectivity index (χ0) is 33.9. The smallest absolute Gasteiger partial charge is 0.263 e. The summed E-state index contributed by atoms with van der Waals surface area (Å²) >= 11 is 2.64. The topological polar surface area (TPSA) is 138 Å². The van der Waals surface area contributed by atoms with Crippen molar-refractivity contribution >= 4 is 52.6 Å². The number of anilines is 2. The summed E-state index contributed by atoms with van der Waals surface area (Å²) in [4.78, 5) is 49.5. The molecule has 12 nitrogen and oxygen atoms in total. The zero-order valence-electron chi connectivity index (χ0n) is 27.6. The monoisotopic (exact) mass is 692 g/mol. The Morgan fingerprint density at radius 3 is 2.04 bits per heavy atom. The van der Waals surface area contributed by atoms with Gasteiger partial charge in [-0.05, 0) is 48.7 Å². The largest absolute Gasteiger partial charge is 0.394 e. The van der Waals surface area contributed by atoms with Gasteiger partial charge >= 0.3 is 0 Å². The second-order valence-electron chi connectivity index (χ2n) is 14.5. The van der Waals surface area contributed by atoms with Crippen LogP contribution in [-0.4, -0.2) is 133 Å². The van der Waals surface area contributed by atoms with Crippen LogP contribution in [0.4, 0.5) is 11.4 Å². The molecule has 7 aliphatic rings. The van der Waals surface area contributed by atoms with Crippen molar-refractivity contribution in [1.82, 2.24) is 19.6 Å². The molecule has 0 saturated carbocycles. The van der Waals surface area contributed by atoms with E-state index in [1.807, 2.05) is 74.9 Å². The van der Waals surface area contributed by atoms with Crippen LogP contribution in [0.25, 0.3) is 0 Å². The highest BCUT2D eigenvalue weighted by atomic mass is 32.2. The Morgan fingerprint density at radius 2 is 1.48 bits per heavy atom. The maximum atomic E-state index is 15.5. The number of para-hydroxylation sites is 2. The first-order valence-corrected chi connectivity index (χ1v) is 18.8. The molecule has 10 atom stereocenters. The van der Waals surface area contributed by atoms with Gasteiger partial charge < -0.3 is 30.5 Å². The molecular formula is C34H40N6O6S2. The van der Waals surface area contributed by atoms with Gasteiger partial charge in [0.15, 0.2) is 15.5 Å². The predicted octanol–water partition coefficient (Wildman–Crippen LogP) is 1.06. The van der Waals surface area contributed by atoms with E-state index in [9.17, 15) is 15.0 Å². The third-order valence-corrected chi connectivity index (χ3v) is 15.6. The maximum absolute atomic E-state index is 15.5. The number of piperazine rings is 2. The molecule has 9 rings (SSSR count). The lowest BCUT2D eigenvalue weighted by Gasteiger charge is -2.60. The van der Waals surface area contributed by atoms with Crippen LogP contribution in [0.5, 0.6) is 0 Å². The molecule has 3 spiro atoms. The van der Waals surface area contributed by atoms with Crippen LogP contribution in [0, 0.1) is 5.92 Å². The first-order chi connectivity index (χ1) is 22.9. The third-order valence-electron chi connectivity index (χ3n) is 12.9. The molecule has 3 amide bonds. The Morgan fingerprint density at radius 1 is 0.896 bits per heavy atom. The molecule has 0 radical (unpaired) electrons. The van der Waals surface area contributed by atoms with Crippen LogP contribution in [-0.2, 0) is 30.0 Å². The van der Waals surface area contributed by atoms with Crippen molar-refractivity contribution in [2.24, 2.45) is 5.92 Å². The van der Waals surface area contributed by atoms with E-state index in [4.69, 9.17) is 4.74 Å². The number of rotatable bonds is 4. The summed E-state index contributed by atoms with van der Waals surface area (Å²) in [5, 5.41) is 31.0. The minimum atomic E-state index is -1.60. The van der Waals surface area contributed by atoms with Crippen LogP contribution >= 0.6 is 23.5 Å². The molecule has 2 aromatic carbocycles. The fourth-order valence-electron chi connectivity index (χ4n) is 11.2. The van der Waals surface area contributed by atoms with Gasteiger partial charge in [0.25, 0.3) is 11.8 Å². The molecule has 2 aromatic rings. The number of amides is 3. The molecule has 14 heteroatoms. The number of nitrogens with one attached hydrogen (secondary N) is 2. The number of thioether (sulfide) groups is 2. The van der Waals surface area contributed by atoms with Crippen LogP contribution in [0.1, 0.15) is 25.0 Å². The van der Waals surface area contributed by atoms with Crippen molar-refractivity contribution in [3.63, 3.8) is 0 Å². The number of likely N-dealkylation sites (N-methyl/N-ethyl adjacent to an activating group) is 2. The van der Waals surface area contributed by atoms with E-state index >= 15 is 9.59 Å². The first kappa shape index (κ1) is 31.0. The molecule has 7 aliphatic heterocycles. The number of ether oxygens (including phenoxy) is 1. The Labute approximate surface area is 287 Å². The van der Waals surface area contributed by atoms with Gasteiger partial charge in [0.2, 0.25) is 5.91 Å². The average molecular weight is 693 g/mol. The summed E-state index contributed by atoms with van der Waals surface area (Å²) < 4.78 is 7.42. The van der Waals surface area contributed by atoms with E-state index in [1.54, 1.807) is 33.7 Å². The van der Waals surface area contributed by atoms with Crippen molar-refractivity contribution in [2.75, 3.05) is 50.4 Å². The quantitative estimate of drug-likeness (QED) is 0.366. The van der Waals surface area contributed by atoms with Gasteiger partial charge in [-0.15, -0.1) is 23.5 Å². The summed E-state index contributed by atoms with van der Waals surface area (Å²) in [6.07, 6.45) is -0.233. The van der Waals surface area contributed by atoms with Crippen molar-refractivity contribution in [3.8, 4) is 0 Å². The van der Waals surface area contributed by atoms with Crippen LogP contribution < -0.4 is 10.6 Å². The molecule has 2 bridgehead atoms. The number of carbonyl (C=O) groups is 3. The summed E-state index contributed by atoms with van der Waals surface area (Å²) in [5.41, 5.74) is -0.991. The Hall–Kier alpha value is -3.01. The minimum absolute atomic E-state index is 0.0860. The van der Waals surface area contributed by atoms with Gasteiger partial charge in [-0.1, -0.05) is 50.2 Å². The number of hydrogen-bond acceptors (Lipinski definition) is 11. The number of aliphatic hydroxyl groups is 2. The number of fused-ring (bicyclic) bond motifs is 6. The van der Waals surface area contributed by atoms with Crippen molar-refractivity contribution < 1.29 is 29.3 Å². The van der Waals surface area contributed by atoms with E-state index < -0.39 is 63.5 Å². The Kier molecular flexibility index (Phi) is 6.07. The minimum Gasteiger partial charge on any atom is -0.394 e. The molecule has 7 heterocycles. The third kappa shape index (κ3) is 2.75. The van der Waals surface area contributed by atoms with E-state index in [2.05, 4.69) is 10.6 Å².